The van der Waals surface area contributed by atoms with E-state index in [9.17, 15) is 4.79 Å². The van der Waals surface area contributed by atoms with Gasteiger partial charge in [-0.25, -0.2) is 9.78 Å². The molecular weight excluding hydrogens is 284 g/mol. The highest BCUT2D eigenvalue weighted by atomic mass is 32.2. The number of imidazole rings is 1. The van der Waals surface area contributed by atoms with Gasteiger partial charge >= 0.3 is 6.03 Å². The Labute approximate surface area is 131 Å². The Hall–Kier alpha value is -1.17. The number of nitrogens with zero attached hydrogens (tertiary/aromatic N) is 2. The van der Waals surface area contributed by atoms with Crippen LogP contribution in [-0.2, 0) is 0 Å². The first-order chi connectivity index (χ1) is 10.2. The average Bonchev–Trinajstić information content (AvgIpc) is 3.02. The molecule has 5 nitrogen and oxygen atoms in total. The molecule has 1 aliphatic rings. The van der Waals surface area contributed by atoms with Crippen LogP contribution in [0.2, 0.25) is 0 Å². The number of aromatic nitrogens is 2. The lowest BCUT2D eigenvalue weighted by atomic mass is 9.97. The lowest BCUT2D eigenvalue weighted by Gasteiger charge is -2.32. The molecule has 2 rings (SSSR count). The van der Waals surface area contributed by atoms with Crippen molar-refractivity contribution in [2.45, 2.75) is 45.1 Å². The minimum Gasteiger partial charge on any atom is -0.348 e. The molecule has 0 aliphatic carbocycles. The van der Waals surface area contributed by atoms with Crippen molar-refractivity contribution in [1.29, 1.82) is 0 Å². The maximum Gasteiger partial charge on any atom is 0.317 e. The molecule has 2 atom stereocenters. The van der Waals surface area contributed by atoms with Crippen molar-refractivity contribution in [3.05, 3.63) is 18.2 Å². The molecule has 1 fully saturated rings. The molecular formula is C15H26N4OS. The van der Waals surface area contributed by atoms with E-state index in [0.29, 0.717) is 5.92 Å². The summed E-state index contributed by atoms with van der Waals surface area (Å²) in [6.45, 7) is 5.85. The Morgan fingerprint density at radius 3 is 3.24 bits per heavy atom. The quantitative estimate of drug-likeness (QED) is 0.794. The predicted molar refractivity (Wildman–Crippen MR) is 87.7 cm³/mol. The van der Waals surface area contributed by atoms with Gasteiger partial charge in [0.2, 0.25) is 0 Å². The molecule has 2 amide bonds. The minimum atomic E-state index is 0.0697. The van der Waals surface area contributed by atoms with E-state index in [1.54, 1.807) is 6.20 Å². The van der Waals surface area contributed by atoms with Gasteiger partial charge in [-0.05, 0) is 37.7 Å². The summed E-state index contributed by atoms with van der Waals surface area (Å²) in [5, 5.41) is 3.12. The highest BCUT2D eigenvalue weighted by Crippen LogP contribution is 2.24. The number of piperidine rings is 1. The number of urea groups is 1. The van der Waals surface area contributed by atoms with Crippen LogP contribution >= 0.6 is 11.8 Å². The van der Waals surface area contributed by atoms with Crippen molar-refractivity contribution in [2.75, 3.05) is 24.6 Å². The summed E-state index contributed by atoms with van der Waals surface area (Å²) in [7, 11) is 0. The Morgan fingerprint density at radius 1 is 1.67 bits per heavy atom. The number of amides is 2. The zero-order valence-electron chi connectivity index (χ0n) is 13.0. The Bertz CT molecular complexity index is 423. The summed E-state index contributed by atoms with van der Waals surface area (Å²) in [5.41, 5.74) is 0. The van der Waals surface area contributed by atoms with Crippen LogP contribution in [0.15, 0.2) is 12.4 Å². The lowest BCUT2D eigenvalue weighted by Crippen LogP contribution is -2.47. The lowest BCUT2D eigenvalue weighted by molar-refractivity contribution is 0.175. The smallest absolute Gasteiger partial charge is 0.317 e. The van der Waals surface area contributed by atoms with Gasteiger partial charge in [0.1, 0.15) is 5.82 Å². The maximum atomic E-state index is 12.3. The summed E-state index contributed by atoms with van der Waals surface area (Å²) >= 11 is 1.92. The molecule has 21 heavy (non-hydrogen) atoms. The molecule has 118 valence electrons. The van der Waals surface area contributed by atoms with Crippen molar-refractivity contribution >= 4 is 17.8 Å². The van der Waals surface area contributed by atoms with Crippen LogP contribution in [0.25, 0.3) is 0 Å². The molecule has 2 unspecified atom stereocenters. The van der Waals surface area contributed by atoms with Crippen LogP contribution < -0.4 is 5.32 Å². The second-order valence-electron chi connectivity index (χ2n) is 5.60. The van der Waals surface area contributed by atoms with Gasteiger partial charge in [-0.2, -0.15) is 11.8 Å². The number of aromatic amines is 1. The van der Waals surface area contributed by atoms with E-state index < -0.39 is 0 Å². The summed E-state index contributed by atoms with van der Waals surface area (Å²) in [4.78, 5) is 21.8. The first kappa shape index (κ1) is 16.2. The standard InChI is InChI=1S/C15H26N4OS/c1-3-21-10-6-12(2)18-15(20)19-9-4-5-13(11-19)14-16-7-8-17-14/h7-8,12-13H,3-6,9-11H2,1-2H3,(H,16,17)(H,18,20). The molecule has 0 spiro atoms. The van der Waals surface area contributed by atoms with E-state index in [1.807, 2.05) is 22.9 Å². The molecule has 1 saturated heterocycles. The number of hydrogen-bond acceptors (Lipinski definition) is 3. The van der Waals surface area contributed by atoms with Crippen molar-refractivity contribution in [1.82, 2.24) is 20.2 Å². The second-order valence-corrected chi connectivity index (χ2v) is 6.99. The normalized spacial score (nSPS) is 20.3. The first-order valence-electron chi connectivity index (χ1n) is 7.83. The SMILES string of the molecule is CCSCCC(C)NC(=O)N1CCCC(c2ncc[nH]2)C1. The molecule has 1 aromatic heterocycles. The van der Waals surface area contributed by atoms with E-state index >= 15 is 0 Å². The van der Waals surface area contributed by atoms with Crippen LogP contribution in [0, 0.1) is 0 Å². The van der Waals surface area contributed by atoms with E-state index in [4.69, 9.17) is 0 Å². The molecule has 0 aromatic carbocycles. The number of carbonyl (C=O) groups excluding carboxylic acids is 1. The third-order valence-electron chi connectivity index (χ3n) is 3.88. The molecule has 1 aliphatic heterocycles. The minimum absolute atomic E-state index is 0.0697. The van der Waals surface area contributed by atoms with E-state index in [-0.39, 0.29) is 12.1 Å². The Kier molecular flexibility index (Phi) is 6.42. The molecule has 0 saturated carbocycles. The second kappa shape index (κ2) is 8.32. The summed E-state index contributed by atoms with van der Waals surface area (Å²) < 4.78 is 0. The fourth-order valence-electron chi connectivity index (χ4n) is 2.66. The van der Waals surface area contributed by atoms with Crippen molar-refractivity contribution in [3.63, 3.8) is 0 Å². The number of rotatable bonds is 6. The third kappa shape index (κ3) is 4.95. The molecule has 1 aromatic rings. The zero-order valence-corrected chi connectivity index (χ0v) is 13.8. The topological polar surface area (TPSA) is 61.0 Å². The number of H-pyrrole nitrogens is 1. The molecule has 0 radical (unpaired) electrons. The molecule has 2 heterocycles. The van der Waals surface area contributed by atoms with Crippen LogP contribution in [0.1, 0.15) is 44.9 Å². The summed E-state index contributed by atoms with van der Waals surface area (Å²) in [6.07, 6.45) is 6.79. The highest BCUT2D eigenvalue weighted by molar-refractivity contribution is 7.99. The van der Waals surface area contributed by atoms with Crippen LogP contribution in [0.3, 0.4) is 0 Å². The van der Waals surface area contributed by atoms with Gasteiger partial charge in [0.05, 0.1) is 0 Å². The van der Waals surface area contributed by atoms with Gasteiger partial charge in [0.15, 0.2) is 0 Å². The van der Waals surface area contributed by atoms with Gasteiger partial charge in [-0.15, -0.1) is 0 Å². The largest absolute Gasteiger partial charge is 0.348 e. The van der Waals surface area contributed by atoms with Gasteiger partial charge in [-0.1, -0.05) is 6.92 Å². The van der Waals surface area contributed by atoms with Crippen LogP contribution in [-0.4, -0.2) is 51.5 Å². The van der Waals surface area contributed by atoms with Crippen LogP contribution in [0.4, 0.5) is 4.79 Å². The van der Waals surface area contributed by atoms with E-state index in [0.717, 1.165) is 49.7 Å². The summed E-state index contributed by atoms with van der Waals surface area (Å²) in [5.74, 6) is 3.58. The molecule has 2 N–H and O–H groups in total. The van der Waals surface area contributed by atoms with Crippen molar-refractivity contribution in [2.24, 2.45) is 0 Å². The maximum absolute atomic E-state index is 12.3. The first-order valence-corrected chi connectivity index (χ1v) is 8.98. The van der Waals surface area contributed by atoms with Gasteiger partial charge in [-0.3, -0.25) is 0 Å². The predicted octanol–water partition coefficient (Wildman–Crippen LogP) is 2.83. The molecule has 0 bridgehead atoms. The number of hydrogen-bond donors (Lipinski definition) is 2. The van der Waals surface area contributed by atoms with E-state index in [1.165, 1.54) is 0 Å². The number of likely N-dealkylation sites (tertiary alicyclic amines) is 1. The fraction of sp³-hybridized carbons (Fsp3) is 0.733. The Morgan fingerprint density at radius 2 is 2.52 bits per heavy atom. The highest BCUT2D eigenvalue weighted by Gasteiger charge is 2.26. The average molecular weight is 310 g/mol. The number of nitrogens with one attached hydrogen (secondary N) is 2. The van der Waals surface area contributed by atoms with Gasteiger partial charge in [0, 0.05) is 37.4 Å². The van der Waals surface area contributed by atoms with Gasteiger partial charge < -0.3 is 15.2 Å². The third-order valence-corrected chi connectivity index (χ3v) is 4.82. The van der Waals surface area contributed by atoms with Crippen LogP contribution in [0.5, 0.6) is 0 Å². The Balaban J connectivity index is 1.79. The van der Waals surface area contributed by atoms with E-state index in [2.05, 4.69) is 29.1 Å². The number of thioether (sulfide) groups is 1. The molecule has 6 heteroatoms. The zero-order chi connectivity index (χ0) is 15.1. The van der Waals surface area contributed by atoms with Crippen molar-refractivity contribution < 1.29 is 4.79 Å². The summed E-state index contributed by atoms with van der Waals surface area (Å²) in [6, 6.07) is 0.306. The van der Waals surface area contributed by atoms with Gasteiger partial charge in [0.25, 0.3) is 0 Å². The van der Waals surface area contributed by atoms with Crippen molar-refractivity contribution in [3.8, 4) is 0 Å². The fourth-order valence-corrected chi connectivity index (χ4v) is 3.47. The number of carbonyl (C=O) groups is 1. The monoisotopic (exact) mass is 310 g/mol.